The topological polar surface area (TPSA) is 41.8 Å². The highest BCUT2D eigenvalue weighted by Gasteiger charge is 2.19. The second-order valence-electron chi connectivity index (χ2n) is 6.20. The van der Waals surface area contributed by atoms with E-state index in [9.17, 15) is 4.79 Å². The second kappa shape index (κ2) is 10.1. The van der Waals surface area contributed by atoms with Gasteiger partial charge in [-0.05, 0) is 67.7 Å². The molecule has 1 aliphatic carbocycles. The third-order valence-corrected chi connectivity index (χ3v) is 4.32. The molecule has 0 bridgehead atoms. The summed E-state index contributed by atoms with van der Waals surface area (Å²) in [5.74, 6) is 0.202. The maximum absolute atomic E-state index is 12.6. The van der Waals surface area contributed by atoms with Gasteiger partial charge in [0.2, 0.25) is 0 Å². The molecule has 25 heavy (non-hydrogen) atoms. The summed E-state index contributed by atoms with van der Waals surface area (Å²) in [4.78, 5) is 12.6. The van der Waals surface area contributed by atoms with Gasteiger partial charge in [0.15, 0.2) is 5.78 Å². The summed E-state index contributed by atoms with van der Waals surface area (Å²) in [5, 5.41) is 9.03. The predicted octanol–water partition coefficient (Wildman–Crippen LogP) is 7.12. The number of azo groups is 1. The Morgan fingerprint density at radius 3 is 2.04 bits per heavy atom. The smallest absolute Gasteiger partial charge is 0.185 e. The Bertz CT molecular complexity index is 682. The number of Topliss-reactive ketones (excluding diaryl/α,β-unsaturated/α-hetero) is 1. The molecule has 1 aliphatic rings. The van der Waals surface area contributed by atoms with Crippen LogP contribution in [0.2, 0.25) is 5.02 Å². The lowest BCUT2D eigenvalue weighted by Gasteiger charge is -2.15. The first kappa shape index (κ1) is 19.3. The minimum absolute atomic E-state index is 0.202. The molecule has 0 fully saturated rings. The quantitative estimate of drug-likeness (QED) is 0.457. The van der Waals surface area contributed by atoms with Crippen molar-refractivity contribution >= 4 is 23.1 Å². The van der Waals surface area contributed by atoms with Crippen LogP contribution in [0.1, 0.15) is 52.4 Å². The summed E-state index contributed by atoms with van der Waals surface area (Å²) in [7, 11) is 0. The molecule has 132 valence electrons. The number of rotatable bonds is 8. The molecular formula is C21H25ClN2O. The van der Waals surface area contributed by atoms with Crippen LogP contribution in [0.5, 0.6) is 0 Å². The third kappa shape index (κ3) is 6.09. The summed E-state index contributed by atoms with van der Waals surface area (Å²) in [5.41, 5.74) is 3.47. The van der Waals surface area contributed by atoms with Crippen molar-refractivity contribution in [3.05, 3.63) is 64.4 Å². The van der Waals surface area contributed by atoms with Crippen LogP contribution in [0.4, 0.5) is 5.69 Å². The van der Waals surface area contributed by atoms with Crippen molar-refractivity contribution in [2.75, 3.05) is 0 Å². The van der Waals surface area contributed by atoms with Crippen LogP contribution in [-0.4, -0.2) is 5.78 Å². The molecule has 0 saturated carbocycles. The molecule has 0 aliphatic heterocycles. The summed E-state index contributed by atoms with van der Waals surface area (Å²) in [6.07, 6.45) is 11.5. The molecule has 0 N–H and O–H groups in total. The molecule has 1 aromatic carbocycles. The molecule has 0 atom stereocenters. The van der Waals surface area contributed by atoms with Crippen LogP contribution >= 0.6 is 11.6 Å². The number of allylic oxidation sites excluding steroid dienone is 5. The zero-order valence-corrected chi connectivity index (χ0v) is 15.7. The van der Waals surface area contributed by atoms with E-state index in [-0.39, 0.29) is 5.78 Å². The van der Waals surface area contributed by atoms with Crippen LogP contribution in [0.3, 0.4) is 0 Å². The van der Waals surface area contributed by atoms with Crippen molar-refractivity contribution < 1.29 is 4.79 Å². The van der Waals surface area contributed by atoms with Gasteiger partial charge in [-0.15, -0.1) is 0 Å². The van der Waals surface area contributed by atoms with Gasteiger partial charge in [0.1, 0.15) is 0 Å². The maximum atomic E-state index is 12.6. The first-order valence-corrected chi connectivity index (χ1v) is 9.34. The fourth-order valence-electron chi connectivity index (χ4n) is 2.63. The largest absolute Gasteiger partial charge is 0.289 e. The number of carbonyl (C=O) groups excluding carboxylic acids is 1. The molecular weight excluding hydrogens is 332 g/mol. The molecule has 2 rings (SSSR count). The van der Waals surface area contributed by atoms with Gasteiger partial charge in [0.05, 0.1) is 11.9 Å². The normalized spacial score (nSPS) is 14.7. The highest BCUT2D eigenvalue weighted by atomic mass is 35.5. The Kier molecular flexibility index (Phi) is 7.80. The minimum Gasteiger partial charge on any atom is -0.289 e. The van der Waals surface area contributed by atoms with Crippen LogP contribution in [0.15, 0.2) is 69.6 Å². The lowest BCUT2D eigenvalue weighted by molar-refractivity contribution is -0.112. The zero-order valence-electron chi connectivity index (χ0n) is 15.0. The van der Waals surface area contributed by atoms with E-state index in [1.165, 1.54) is 0 Å². The lowest BCUT2D eigenvalue weighted by atomic mass is 9.88. The molecule has 0 saturated heterocycles. The number of ketones is 1. The number of nitrogens with zero attached hydrogens (tertiary/aromatic N) is 2. The van der Waals surface area contributed by atoms with Gasteiger partial charge in [-0.1, -0.05) is 38.3 Å². The van der Waals surface area contributed by atoms with Gasteiger partial charge in [-0.3, -0.25) is 4.79 Å². The molecule has 0 unspecified atom stereocenters. The number of hydrogen-bond acceptors (Lipinski definition) is 3. The van der Waals surface area contributed by atoms with E-state index in [0.717, 1.165) is 60.9 Å². The van der Waals surface area contributed by atoms with Crippen molar-refractivity contribution in [3.8, 4) is 0 Å². The van der Waals surface area contributed by atoms with Crippen molar-refractivity contribution in [3.63, 3.8) is 0 Å². The second-order valence-corrected chi connectivity index (χ2v) is 6.63. The fourth-order valence-corrected chi connectivity index (χ4v) is 2.76. The fraction of sp³-hybridized carbons (Fsp3) is 0.381. The number of benzene rings is 1. The van der Waals surface area contributed by atoms with Crippen LogP contribution in [-0.2, 0) is 4.79 Å². The zero-order chi connectivity index (χ0) is 18.1. The number of unbranched alkanes of at least 4 members (excludes halogenated alkanes) is 2. The number of hydrogen-bond donors (Lipinski definition) is 0. The van der Waals surface area contributed by atoms with E-state index < -0.39 is 0 Å². The monoisotopic (exact) mass is 356 g/mol. The van der Waals surface area contributed by atoms with E-state index in [1.54, 1.807) is 18.3 Å². The Balaban J connectivity index is 2.18. The number of carbonyl (C=O) groups is 1. The summed E-state index contributed by atoms with van der Waals surface area (Å²) in [6.45, 7) is 4.28. The van der Waals surface area contributed by atoms with Crippen molar-refractivity contribution in [1.29, 1.82) is 0 Å². The lowest BCUT2D eigenvalue weighted by Crippen LogP contribution is -2.11. The van der Waals surface area contributed by atoms with Crippen molar-refractivity contribution in [1.82, 2.24) is 0 Å². The van der Waals surface area contributed by atoms with E-state index in [2.05, 4.69) is 24.1 Å². The van der Waals surface area contributed by atoms with Gasteiger partial charge in [-0.2, -0.15) is 10.2 Å². The molecule has 0 aromatic heterocycles. The Morgan fingerprint density at radius 1 is 0.960 bits per heavy atom. The van der Waals surface area contributed by atoms with E-state index in [0.29, 0.717) is 5.02 Å². The molecule has 0 radical (unpaired) electrons. The van der Waals surface area contributed by atoms with Crippen molar-refractivity contribution in [2.24, 2.45) is 10.2 Å². The van der Waals surface area contributed by atoms with Crippen LogP contribution in [0, 0.1) is 0 Å². The molecule has 4 heteroatoms. The summed E-state index contributed by atoms with van der Waals surface area (Å²) in [6, 6.07) is 7.21. The summed E-state index contributed by atoms with van der Waals surface area (Å²) < 4.78 is 0. The Morgan fingerprint density at radius 2 is 1.52 bits per heavy atom. The standard InChI is InChI=1S/C21H25ClN2O/c1-3-5-7-17-13-16(14-18(21(17)25)8-6-4-2)15-23-24-20-11-9-19(22)10-12-20/h9-15H,3-8H2,1-2H3. The highest BCUT2D eigenvalue weighted by molar-refractivity contribution is 6.30. The van der Waals surface area contributed by atoms with Gasteiger partial charge < -0.3 is 0 Å². The highest BCUT2D eigenvalue weighted by Crippen LogP contribution is 2.26. The maximum Gasteiger partial charge on any atom is 0.185 e. The SMILES string of the molecule is CCCCC1=CC(=CN=Nc2ccc(Cl)cc2)C=C(CCCC)C1=O. The third-order valence-electron chi connectivity index (χ3n) is 4.07. The van der Waals surface area contributed by atoms with Crippen molar-refractivity contribution in [2.45, 2.75) is 52.4 Å². The predicted molar refractivity (Wildman–Crippen MR) is 104 cm³/mol. The minimum atomic E-state index is 0.202. The van der Waals surface area contributed by atoms with E-state index in [4.69, 9.17) is 11.6 Å². The van der Waals surface area contributed by atoms with Crippen LogP contribution in [0.25, 0.3) is 0 Å². The Labute approximate surface area is 155 Å². The molecule has 0 spiro atoms. The Hall–Kier alpha value is -2.00. The first-order valence-electron chi connectivity index (χ1n) is 8.96. The summed E-state index contributed by atoms with van der Waals surface area (Å²) >= 11 is 5.86. The van der Waals surface area contributed by atoms with E-state index >= 15 is 0 Å². The molecule has 0 heterocycles. The van der Waals surface area contributed by atoms with Gasteiger partial charge in [0, 0.05) is 16.2 Å². The first-order chi connectivity index (χ1) is 12.1. The van der Waals surface area contributed by atoms with E-state index in [1.807, 2.05) is 24.3 Å². The van der Waals surface area contributed by atoms with Crippen LogP contribution < -0.4 is 0 Å². The average Bonchev–Trinajstić information content (AvgIpc) is 2.62. The average molecular weight is 357 g/mol. The molecule has 0 amide bonds. The molecule has 3 nitrogen and oxygen atoms in total. The van der Waals surface area contributed by atoms with Gasteiger partial charge >= 0.3 is 0 Å². The van der Waals surface area contributed by atoms with Gasteiger partial charge in [0.25, 0.3) is 0 Å². The van der Waals surface area contributed by atoms with Gasteiger partial charge in [-0.25, -0.2) is 0 Å². The number of halogens is 1. The molecule has 1 aromatic rings.